The molecule has 2 aliphatic rings. The fourth-order valence-electron chi connectivity index (χ4n) is 4.83. The summed E-state index contributed by atoms with van der Waals surface area (Å²) in [4.78, 5) is 31.4. The molecule has 4 N–H and O–H groups in total. The normalized spacial score (nSPS) is 20.1. The number of urea groups is 1. The number of benzene rings is 1. The molecular formula is C27H40F3N5O3. The summed E-state index contributed by atoms with van der Waals surface area (Å²) < 4.78 is 47.2. The number of ether oxygens (including phenoxy) is 1. The molecule has 2 atom stereocenters. The molecule has 1 aromatic carbocycles. The van der Waals surface area contributed by atoms with E-state index >= 15 is 0 Å². The lowest BCUT2D eigenvalue weighted by molar-refractivity contribution is -0.133. The van der Waals surface area contributed by atoms with E-state index < -0.39 is 30.2 Å². The Labute approximate surface area is 222 Å². The number of hydrogen-bond acceptors (Lipinski definition) is 4. The van der Waals surface area contributed by atoms with Crippen LogP contribution >= 0.6 is 0 Å². The van der Waals surface area contributed by atoms with Crippen LogP contribution in [0.5, 0.6) is 5.75 Å². The maximum Gasteiger partial charge on any atom is 0.345 e. The molecule has 0 aromatic heterocycles. The topological polar surface area (TPSA) is 114 Å². The second-order valence-corrected chi connectivity index (χ2v) is 10.8. The molecule has 2 fully saturated rings. The summed E-state index contributed by atoms with van der Waals surface area (Å²) in [6.07, 6.45) is 2.07. The van der Waals surface area contributed by atoms with Gasteiger partial charge in [0.25, 0.3) is 5.92 Å². The van der Waals surface area contributed by atoms with Gasteiger partial charge < -0.3 is 26.0 Å². The van der Waals surface area contributed by atoms with Gasteiger partial charge in [0.1, 0.15) is 17.4 Å². The lowest BCUT2D eigenvalue weighted by Gasteiger charge is -2.34. The van der Waals surface area contributed by atoms with Crippen LogP contribution in [0.4, 0.5) is 18.0 Å². The highest BCUT2D eigenvalue weighted by Crippen LogP contribution is 2.29. The van der Waals surface area contributed by atoms with Gasteiger partial charge in [-0.15, -0.1) is 0 Å². The Kier molecular flexibility index (Phi) is 10.0. The zero-order valence-electron chi connectivity index (χ0n) is 22.5. The van der Waals surface area contributed by atoms with E-state index in [-0.39, 0.29) is 36.9 Å². The number of nitrogens with two attached hydrogens (primary N) is 2. The predicted molar refractivity (Wildman–Crippen MR) is 140 cm³/mol. The van der Waals surface area contributed by atoms with Gasteiger partial charge in [-0.05, 0) is 49.1 Å². The van der Waals surface area contributed by atoms with Gasteiger partial charge in [0.2, 0.25) is 5.91 Å². The van der Waals surface area contributed by atoms with Crippen LogP contribution in [0.3, 0.4) is 0 Å². The number of halogens is 3. The molecule has 8 nitrogen and oxygen atoms in total. The minimum Gasteiger partial charge on any atom is -0.493 e. The first-order chi connectivity index (χ1) is 17.9. The van der Waals surface area contributed by atoms with Crippen molar-refractivity contribution in [2.24, 2.45) is 34.2 Å². The van der Waals surface area contributed by atoms with Crippen LogP contribution in [0.2, 0.25) is 0 Å². The summed E-state index contributed by atoms with van der Waals surface area (Å²) in [5, 5.41) is 0. The summed E-state index contributed by atoms with van der Waals surface area (Å²) in [5.41, 5.74) is 11.9. The van der Waals surface area contributed by atoms with Crippen molar-refractivity contribution >= 4 is 17.8 Å². The number of carbonyl (C=O) groups is 2. The minimum absolute atomic E-state index is 0.0288. The molecule has 1 aromatic rings. The molecule has 2 heterocycles. The number of aliphatic imine (C=N–C) groups is 1. The van der Waals surface area contributed by atoms with Gasteiger partial charge in [-0.2, -0.15) is 4.99 Å². The summed E-state index contributed by atoms with van der Waals surface area (Å²) in [6.45, 7) is 6.94. The summed E-state index contributed by atoms with van der Waals surface area (Å²) in [6, 6.07) is 3.03. The van der Waals surface area contributed by atoms with Crippen molar-refractivity contribution in [2.75, 3.05) is 32.8 Å². The van der Waals surface area contributed by atoms with Crippen molar-refractivity contribution in [1.29, 1.82) is 0 Å². The molecular weight excluding hydrogens is 499 g/mol. The van der Waals surface area contributed by atoms with Crippen molar-refractivity contribution in [3.8, 4) is 5.75 Å². The molecule has 38 heavy (non-hydrogen) atoms. The van der Waals surface area contributed by atoms with Gasteiger partial charge >= 0.3 is 6.03 Å². The minimum atomic E-state index is -2.90. The van der Waals surface area contributed by atoms with Gasteiger partial charge in [-0.1, -0.05) is 26.8 Å². The summed E-state index contributed by atoms with van der Waals surface area (Å²) >= 11 is 0. The lowest BCUT2D eigenvalue weighted by atomic mass is 9.84. The van der Waals surface area contributed by atoms with Gasteiger partial charge in [0.15, 0.2) is 0 Å². The number of piperidine rings is 1. The molecule has 2 saturated heterocycles. The van der Waals surface area contributed by atoms with Crippen LogP contribution < -0.4 is 16.2 Å². The number of amidine groups is 1. The van der Waals surface area contributed by atoms with Crippen molar-refractivity contribution in [1.82, 2.24) is 9.80 Å². The van der Waals surface area contributed by atoms with Crippen LogP contribution in [0, 0.1) is 23.6 Å². The fourth-order valence-corrected chi connectivity index (χ4v) is 4.83. The molecule has 3 amide bonds. The smallest absolute Gasteiger partial charge is 0.345 e. The Morgan fingerprint density at radius 2 is 1.84 bits per heavy atom. The van der Waals surface area contributed by atoms with Gasteiger partial charge in [0, 0.05) is 38.0 Å². The molecule has 0 aliphatic carbocycles. The number of carbonyl (C=O) groups excluding carboxylic acids is 2. The first kappa shape index (κ1) is 29.7. The highest BCUT2D eigenvalue weighted by atomic mass is 19.3. The van der Waals surface area contributed by atoms with Crippen LogP contribution in [0.25, 0.3) is 0 Å². The SMILES string of the molecule is CC(C)C(N)=NC(=O)N1CCC([C@H](C)CCOc2ccc(C[C@H](N)C(=O)N3CCC(F)(F)C3)c(F)c2)CC1. The van der Waals surface area contributed by atoms with E-state index in [1.165, 1.54) is 12.1 Å². The Hall–Kier alpha value is -2.82. The molecule has 2 aliphatic heterocycles. The predicted octanol–water partition coefficient (Wildman–Crippen LogP) is 3.81. The molecule has 0 unspecified atom stereocenters. The van der Waals surface area contributed by atoms with E-state index in [1.54, 1.807) is 11.0 Å². The standard InChI is InChI=1S/C27H40F3N5O3/c1-17(2)24(32)33-26(37)34-10-6-19(7-11-34)18(3)8-13-38-21-5-4-20(22(28)15-21)14-23(31)25(36)35-12-9-27(29,30)16-35/h4-5,15,17-19,23H,6-14,16,31H2,1-3H3,(H2,32,33,37)/t18-,23+/m1/s1. The van der Waals surface area contributed by atoms with Crippen LogP contribution in [-0.2, 0) is 11.2 Å². The number of nitrogens with zero attached hydrogens (tertiary/aromatic N) is 3. The molecule has 11 heteroatoms. The highest BCUT2D eigenvalue weighted by Gasteiger charge is 2.41. The van der Waals surface area contributed by atoms with Crippen molar-refractivity contribution in [3.05, 3.63) is 29.6 Å². The van der Waals surface area contributed by atoms with E-state index in [4.69, 9.17) is 16.2 Å². The zero-order valence-corrected chi connectivity index (χ0v) is 22.5. The Balaban J connectivity index is 1.41. The molecule has 0 bridgehead atoms. The first-order valence-electron chi connectivity index (χ1n) is 13.3. The summed E-state index contributed by atoms with van der Waals surface area (Å²) in [7, 11) is 0. The number of amides is 3. The highest BCUT2D eigenvalue weighted by molar-refractivity contribution is 5.93. The number of hydrogen-bond donors (Lipinski definition) is 2. The van der Waals surface area contributed by atoms with E-state index in [1.807, 2.05) is 13.8 Å². The second-order valence-electron chi connectivity index (χ2n) is 10.8. The van der Waals surface area contributed by atoms with Crippen molar-refractivity contribution in [2.45, 2.75) is 64.8 Å². The third-order valence-electron chi connectivity index (χ3n) is 7.54. The number of rotatable bonds is 9. The van der Waals surface area contributed by atoms with Crippen molar-refractivity contribution < 1.29 is 27.5 Å². The average molecular weight is 540 g/mol. The molecule has 0 spiro atoms. The monoisotopic (exact) mass is 539 g/mol. The van der Waals surface area contributed by atoms with Gasteiger partial charge in [-0.25, -0.2) is 18.0 Å². The molecule has 0 radical (unpaired) electrons. The Bertz CT molecular complexity index is 1010. The largest absolute Gasteiger partial charge is 0.493 e. The third kappa shape index (κ3) is 8.09. The maximum absolute atomic E-state index is 14.6. The van der Waals surface area contributed by atoms with E-state index in [2.05, 4.69) is 11.9 Å². The third-order valence-corrected chi connectivity index (χ3v) is 7.54. The van der Waals surface area contributed by atoms with Crippen LogP contribution in [0.15, 0.2) is 23.2 Å². The van der Waals surface area contributed by atoms with E-state index in [0.29, 0.717) is 43.1 Å². The van der Waals surface area contributed by atoms with E-state index in [0.717, 1.165) is 24.2 Å². The fraction of sp³-hybridized carbons (Fsp3) is 0.667. The number of alkyl halides is 2. The van der Waals surface area contributed by atoms with Gasteiger partial charge in [0.05, 0.1) is 19.2 Å². The van der Waals surface area contributed by atoms with Gasteiger partial charge in [-0.3, -0.25) is 4.79 Å². The molecule has 3 rings (SSSR count). The molecule has 212 valence electrons. The average Bonchev–Trinajstić information content (AvgIpc) is 3.24. The van der Waals surface area contributed by atoms with Crippen molar-refractivity contribution in [3.63, 3.8) is 0 Å². The lowest BCUT2D eigenvalue weighted by Crippen LogP contribution is -2.44. The molecule has 0 saturated carbocycles. The van der Waals surface area contributed by atoms with Crippen LogP contribution in [-0.4, -0.2) is 72.3 Å². The number of likely N-dealkylation sites (tertiary alicyclic amines) is 2. The Morgan fingerprint density at radius 1 is 1.16 bits per heavy atom. The van der Waals surface area contributed by atoms with E-state index in [9.17, 15) is 22.8 Å². The summed E-state index contributed by atoms with van der Waals surface area (Å²) in [5.74, 6) is -2.49. The first-order valence-corrected chi connectivity index (χ1v) is 13.3. The second kappa shape index (κ2) is 12.8. The quantitative estimate of drug-likeness (QED) is 0.366. The maximum atomic E-state index is 14.6. The van der Waals surface area contributed by atoms with Crippen LogP contribution in [0.1, 0.15) is 52.0 Å². The Morgan fingerprint density at radius 3 is 2.42 bits per heavy atom. The zero-order chi connectivity index (χ0) is 28.0.